The number of carbonyl (C=O) groups is 1. The summed E-state index contributed by atoms with van der Waals surface area (Å²) in [5, 5.41) is 17.1. The smallest absolute Gasteiger partial charge is 0.320 e. The fraction of sp³-hybridized carbons (Fsp3) is 0.769. The molecule has 0 bridgehead atoms. The van der Waals surface area contributed by atoms with Crippen molar-refractivity contribution < 1.29 is 14.6 Å². The molecule has 0 aromatic carbocycles. The molecule has 1 spiro atoms. The molecule has 0 saturated carbocycles. The van der Waals surface area contributed by atoms with Crippen LogP contribution < -0.4 is 5.73 Å². The molecule has 2 aliphatic rings. The first-order chi connectivity index (χ1) is 10.1. The minimum Gasteiger partial charge on any atom is -0.480 e. The Balaban J connectivity index is 1.66. The Morgan fingerprint density at radius 2 is 2.57 bits per heavy atom. The minimum atomic E-state index is -1.02. The van der Waals surface area contributed by atoms with E-state index in [0.717, 1.165) is 37.4 Å². The molecule has 0 aliphatic carbocycles. The van der Waals surface area contributed by atoms with Crippen LogP contribution in [0.25, 0.3) is 0 Å². The topological polar surface area (TPSA) is 103 Å². The number of thioether (sulfide) groups is 1. The maximum absolute atomic E-state index is 10.8. The van der Waals surface area contributed by atoms with Crippen molar-refractivity contribution in [1.29, 1.82) is 0 Å². The summed E-state index contributed by atoms with van der Waals surface area (Å²) < 4.78 is 7.86. The maximum Gasteiger partial charge on any atom is 0.320 e. The second-order valence-electron chi connectivity index (χ2n) is 5.82. The van der Waals surface area contributed by atoms with Crippen LogP contribution in [0.1, 0.15) is 31.0 Å². The Morgan fingerprint density at radius 3 is 3.29 bits per heavy atom. The molecule has 21 heavy (non-hydrogen) atoms. The zero-order chi connectivity index (χ0) is 14.9. The number of aromatic nitrogens is 3. The first-order valence-corrected chi connectivity index (χ1v) is 8.34. The molecule has 8 heteroatoms. The predicted octanol–water partition coefficient (Wildman–Crippen LogP) is 0.460. The van der Waals surface area contributed by atoms with Crippen LogP contribution in [0.4, 0.5) is 0 Å². The summed E-state index contributed by atoms with van der Waals surface area (Å²) >= 11 is 1.94. The molecular weight excluding hydrogens is 292 g/mol. The lowest BCUT2D eigenvalue weighted by molar-refractivity contribution is -0.138. The van der Waals surface area contributed by atoms with E-state index in [1.165, 1.54) is 0 Å². The van der Waals surface area contributed by atoms with Gasteiger partial charge < -0.3 is 15.6 Å². The van der Waals surface area contributed by atoms with Crippen molar-refractivity contribution in [3.05, 3.63) is 11.9 Å². The van der Waals surface area contributed by atoms with E-state index in [2.05, 4.69) is 10.3 Å². The molecule has 116 valence electrons. The SMILES string of the molecule is NC(Cc1cn(C2CCOC3(CCSC3)C2)nn1)C(=O)O. The molecule has 3 rings (SSSR count). The normalized spacial score (nSPS) is 30.6. The number of hydrogen-bond acceptors (Lipinski definition) is 6. The largest absolute Gasteiger partial charge is 0.480 e. The third-order valence-corrected chi connectivity index (χ3v) is 5.44. The van der Waals surface area contributed by atoms with Crippen LogP contribution in [0.3, 0.4) is 0 Å². The molecule has 3 atom stereocenters. The first-order valence-electron chi connectivity index (χ1n) is 7.19. The molecular formula is C13H20N4O3S. The van der Waals surface area contributed by atoms with Crippen LogP contribution in [-0.4, -0.2) is 55.8 Å². The van der Waals surface area contributed by atoms with Crippen LogP contribution in [0.2, 0.25) is 0 Å². The van der Waals surface area contributed by atoms with Crippen molar-refractivity contribution >= 4 is 17.7 Å². The van der Waals surface area contributed by atoms with Crippen LogP contribution in [0, 0.1) is 0 Å². The van der Waals surface area contributed by atoms with Gasteiger partial charge in [-0.25, -0.2) is 4.68 Å². The molecule has 3 N–H and O–H groups in total. The summed E-state index contributed by atoms with van der Waals surface area (Å²) in [6.45, 7) is 0.745. The fourth-order valence-corrected chi connectivity index (χ4v) is 4.37. The van der Waals surface area contributed by atoms with Crippen molar-refractivity contribution in [3.8, 4) is 0 Å². The molecule has 7 nitrogen and oxygen atoms in total. The zero-order valence-corrected chi connectivity index (χ0v) is 12.6. The average Bonchev–Trinajstić information content (AvgIpc) is 3.09. The summed E-state index contributed by atoms with van der Waals surface area (Å²) in [4.78, 5) is 10.8. The van der Waals surface area contributed by atoms with Gasteiger partial charge >= 0.3 is 5.97 Å². The van der Waals surface area contributed by atoms with Crippen molar-refractivity contribution in [2.24, 2.45) is 5.73 Å². The quantitative estimate of drug-likeness (QED) is 0.832. The van der Waals surface area contributed by atoms with E-state index >= 15 is 0 Å². The van der Waals surface area contributed by atoms with Gasteiger partial charge in [-0.1, -0.05) is 5.21 Å². The van der Waals surface area contributed by atoms with E-state index in [4.69, 9.17) is 15.6 Å². The van der Waals surface area contributed by atoms with Gasteiger partial charge in [0, 0.05) is 25.0 Å². The molecule has 0 radical (unpaired) electrons. The molecule has 2 fully saturated rings. The van der Waals surface area contributed by atoms with E-state index < -0.39 is 12.0 Å². The van der Waals surface area contributed by atoms with E-state index in [-0.39, 0.29) is 18.1 Å². The Hall–Kier alpha value is -1.12. The Labute approximate surface area is 127 Å². The van der Waals surface area contributed by atoms with Crippen LogP contribution in [0.5, 0.6) is 0 Å². The Morgan fingerprint density at radius 1 is 1.71 bits per heavy atom. The summed E-state index contributed by atoms with van der Waals surface area (Å²) in [5.74, 6) is 1.19. The van der Waals surface area contributed by atoms with Gasteiger partial charge in [-0.3, -0.25) is 4.79 Å². The molecule has 3 heterocycles. The number of hydrogen-bond donors (Lipinski definition) is 2. The number of nitrogens with zero attached hydrogens (tertiary/aromatic N) is 3. The predicted molar refractivity (Wildman–Crippen MR) is 78.2 cm³/mol. The van der Waals surface area contributed by atoms with Gasteiger partial charge in [0.15, 0.2) is 0 Å². The van der Waals surface area contributed by atoms with Crippen LogP contribution >= 0.6 is 11.8 Å². The molecule has 2 aliphatic heterocycles. The second kappa shape index (κ2) is 5.94. The third kappa shape index (κ3) is 3.22. The third-order valence-electron chi connectivity index (χ3n) is 4.21. The van der Waals surface area contributed by atoms with Gasteiger partial charge in [0.1, 0.15) is 6.04 Å². The Kier molecular flexibility index (Phi) is 4.19. The number of nitrogens with two attached hydrogens (primary N) is 1. The van der Waals surface area contributed by atoms with Gasteiger partial charge in [-0.2, -0.15) is 11.8 Å². The highest BCUT2D eigenvalue weighted by Gasteiger charge is 2.41. The lowest BCUT2D eigenvalue weighted by Crippen LogP contribution is -2.40. The number of aliphatic carboxylic acids is 1. The fourth-order valence-electron chi connectivity index (χ4n) is 2.99. The van der Waals surface area contributed by atoms with Crippen LogP contribution in [-0.2, 0) is 16.0 Å². The van der Waals surface area contributed by atoms with Crippen molar-refractivity contribution in [3.63, 3.8) is 0 Å². The number of carboxylic acid groups (broad SMARTS) is 1. The monoisotopic (exact) mass is 312 g/mol. The van der Waals surface area contributed by atoms with Gasteiger partial charge in [0.25, 0.3) is 0 Å². The summed E-state index contributed by atoms with van der Waals surface area (Å²) in [7, 11) is 0. The first kappa shape index (κ1) is 14.8. The highest BCUT2D eigenvalue weighted by atomic mass is 32.2. The summed E-state index contributed by atoms with van der Waals surface area (Å²) in [6, 6.07) is -0.651. The molecule has 3 unspecified atom stereocenters. The number of rotatable bonds is 4. The van der Waals surface area contributed by atoms with E-state index in [1.54, 1.807) is 0 Å². The van der Waals surface area contributed by atoms with Gasteiger partial charge in [0.05, 0.1) is 17.3 Å². The molecule has 0 amide bonds. The molecule has 1 aromatic rings. The van der Waals surface area contributed by atoms with E-state index in [9.17, 15) is 4.79 Å². The highest BCUT2D eigenvalue weighted by molar-refractivity contribution is 7.99. The van der Waals surface area contributed by atoms with Crippen molar-refractivity contribution in [1.82, 2.24) is 15.0 Å². The summed E-state index contributed by atoms with van der Waals surface area (Å²) in [6.07, 6.45) is 5.00. The Bertz CT molecular complexity index is 515. The van der Waals surface area contributed by atoms with Crippen molar-refractivity contribution in [2.45, 2.75) is 43.4 Å². The summed E-state index contributed by atoms with van der Waals surface area (Å²) in [5.41, 5.74) is 6.16. The van der Waals surface area contributed by atoms with E-state index in [1.807, 2.05) is 22.6 Å². The van der Waals surface area contributed by atoms with Gasteiger partial charge in [-0.05, 0) is 25.0 Å². The molecule has 2 saturated heterocycles. The number of carboxylic acids is 1. The van der Waals surface area contributed by atoms with Crippen LogP contribution in [0.15, 0.2) is 6.20 Å². The maximum atomic E-state index is 10.8. The van der Waals surface area contributed by atoms with Crippen molar-refractivity contribution in [2.75, 3.05) is 18.1 Å². The van der Waals surface area contributed by atoms with Gasteiger partial charge in [-0.15, -0.1) is 5.10 Å². The highest BCUT2D eigenvalue weighted by Crippen LogP contribution is 2.41. The lowest BCUT2D eigenvalue weighted by Gasteiger charge is -2.37. The van der Waals surface area contributed by atoms with Gasteiger partial charge in [0.2, 0.25) is 0 Å². The minimum absolute atomic E-state index is 0.00281. The second-order valence-corrected chi connectivity index (χ2v) is 6.92. The standard InChI is InChI=1S/C13H20N4O3S/c14-11(12(18)19)5-9-7-17(16-15-9)10-1-3-20-13(6-10)2-4-21-8-13/h7,10-11H,1-6,8,14H2,(H,18,19). The molecule has 1 aromatic heterocycles. The zero-order valence-electron chi connectivity index (χ0n) is 11.8. The number of ether oxygens (including phenoxy) is 1. The van der Waals surface area contributed by atoms with E-state index in [0.29, 0.717) is 5.69 Å². The lowest BCUT2D eigenvalue weighted by atomic mass is 9.90. The average molecular weight is 312 g/mol.